The minimum Gasteiger partial charge on any atom is -0.383 e. The Morgan fingerprint density at radius 1 is 1.18 bits per heavy atom. The number of nitrogens with two attached hydrogens (primary N) is 1. The Bertz CT molecular complexity index is 382. The SMILES string of the molecule is CC(C)c1c(N)ncnc1N1CCN(C)CC1. The molecular weight excluding hydrogens is 214 g/mol. The lowest BCUT2D eigenvalue weighted by molar-refractivity contribution is 0.311. The molecule has 0 bridgehead atoms. The summed E-state index contributed by atoms with van der Waals surface area (Å²) in [6.45, 7) is 8.42. The number of hydrogen-bond donors (Lipinski definition) is 1. The van der Waals surface area contributed by atoms with Gasteiger partial charge in [-0.25, -0.2) is 9.97 Å². The van der Waals surface area contributed by atoms with Crippen molar-refractivity contribution in [2.75, 3.05) is 43.9 Å². The van der Waals surface area contributed by atoms with Gasteiger partial charge in [0.05, 0.1) is 0 Å². The van der Waals surface area contributed by atoms with Crippen LogP contribution in [-0.2, 0) is 0 Å². The van der Waals surface area contributed by atoms with Gasteiger partial charge in [0.25, 0.3) is 0 Å². The molecule has 1 aliphatic rings. The molecule has 2 rings (SSSR count). The lowest BCUT2D eigenvalue weighted by atomic mass is 10.0. The molecule has 0 radical (unpaired) electrons. The average molecular weight is 235 g/mol. The van der Waals surface area contributed by atoms with E-state index in [1.165, 1.54) is 0 Å². The van der Waals surface area contributed by atoms with Crippen LogP contribution in [0.2, 0.25) is 0 Å². The highest BCUT2D eigenvalue weighted by atomic mass is 15.3. The average Bonchev–Trinajstić information content (AvgIpc) is 2.29. The monoisotopic (exact) mass is 235 g/mol. The minimum absolute atomic E-state index is 0.353. The van der Waals surface area contributed by atoms with Crippen LogP contribution >= 0.6 is 0 Å². The van der Waals surface area contributed by atoms with Crippen LogP contribution in [0.5, 0.6) is 0 Å². The van der Waals surface area contributed by atoms with E-state index < -0.39 is 0 Å². The lowest BCUT2D eigenvalue weighted by Gasteiger charge is -2.34. The van der Waals surface area contributed by atoms with Gasteiger partial charge in [0, 0.05) is 31.7 Å². The quantitative estimate of drug-likeness (QED) is 0.826. The fourth-order valence-corrected chi connectivity index (χ4v) is 2.22. The summed E-state index contributed by atoms with van der Waals surface area (Å²) in [4.78, 5) is 13.2. The van der Waals surface area contributed by atoms with Crippen LogP contribution in [0.4, 0.5) is 11.6 Å². The van der Waals surface area contributed by atoms with Crippen molar-refractivity contribution in [2.24, 2.45) is 0 Å². The summed E-state index contributed by atoms with van der Waals surface area (Å²) < 4.78 is 0. The Hall–Kier alpha value is -1.36. The molecule has 5 heteroatoms. The number of rotatable bonds is 2. The molecule has 1 aromatic heterocycles. The Morgan fingerprint density at radius 3 is 2.41 bits per heavy atom. The van der Waals surface area contributed by atoms with E-state index >= 15 is 0 Å². The van der Waals surface area contributed by atoms with Gasteiger partial charge in [-0.1, -0.05) is 13.8 Å². The summed E-state index contributed by atoms with van der Waals surface area (Å²) in [5.41, 5.74) is 7.05. The topological polar surface area (TPSA) is 58.3 Å². The van der Waals surface area contributed by atoms with E-state index in [0.717, 1.165) is 37.6 Å². The van der Waals surface area contributed by atoms with Crippen LogP contribution < -0.4 is 10.6 Å². The number of piperazine rings is 1. The molecule has 0 aromatic carbocycles. The van der Waals surface area contributed by atoms with Gasteiger partial charge in [-0.3, -0.25) is 0 Å². The maximum atomic E-state index is 5.97. The van der Waals surface area contributed by atoms with Gasteiger partial charge in [0.1, 0.15) is 18.0 Å². The van der Waals surface area contributed by atoms with Crippen molar-refractivity contribution in [2.45, 2.75) is 19.8 Å². The second-order valence-electron chi connectivity index (χ2n) is 4.94. The highest BCUT2D eigenvalue weighted by molar-refractivity contribution is 5.58. The first-order valence-corrected chi connectivity index (χ1v) is 6.13. The maximum absolute atomic E-state index is 5.97. The van der Waals surface area contributed by atoms with Gasteiger partial charge in [-0.15, -0.1) is 0 Å². The summed E-state index contributed by atoms with van der Waals surface area (Å²) in [7, 11) is 2.15. The van der Waals surface area contributed by atoms with Gasteiger partial charge in [0.2, 0.25) is 0 Å². The molecule has 1 aromatic rings. The number of nitrogen functional groups attached to an aromatic ring is 1. The fraction of sp³-hybridized carbons (Fsp3) is 0.667. The van der Waals surface area contributed by atoms with E-state index in [-0.39, 0.29) is 0 Å². The van der Waals surface area contributed by atoms with Gasteiger partial charge in [0.15, 0.2) is 0 Å². The molecular formula is C12H21N5. The first-order valence-electron chi connectivity index (χ1n) is 6.13. The Balaban J connectivity index is 2.28. The molecule has 2 N–H and O–H groups in total. The predicted octanol–water partition coefficient (Wildman–Crippen LogP) is 0.934. The third-order valence-electron chi connectivity index (χ3n) is 3.27. The van der Waals surface area contributed by atoms with Crippen LogP contribution in [0.1, 0.15) is 25.3 Å². The molecule has 94 valence electrons. The molecule has 0 unspecified atom stereocenters. The zero-order valence-corrected chi connectivity index (χ0v) is 10.8. The third-order valence-corrected chi connectivity index (χ3v) is 3.27. The van der Waals surface area contributed by atoms with Gasteiger partial charge >= 0.3 is 0 Å². The number of aromatic nitrogens is 2. The second-order valence-corrected chi connectivity index (χ2v) is 4.94. The molecule has 2 heterocycles. The molecule has 1 saturated heterocycles. The Morgan fingerprint density at radius 2 is 1.82 bits per heavy atom. The fourth-order valence-electron chi connectivity index (χ4n) is 2.22. The van der Waals surface area contributed by atoms with Crippen molar-refractivity contribution in [1.29, 1.82) is 0 Å². The molecule has 17 heavy (non-hydrogen) atoms. The smallest absolute Gasteiger partial charge is 0.137 e. The molecule has 0 spiro atoms. The number of hydrogen-bond acceptors (Lipinski definition) is 5. The van der Waals surface area contributed by atoms with Gasteiger partial charge < -0.3 is 15.5 Å². The van der Waals surface area contributed by atoms with Crippen molar-refractivity contribution in [3.63, 3.8) is 0 Å². The van der Waals surface area contributed by atoms with E-state index in [0.29, 0.717) is 11.7 Å². The first-order chi connectivity index (χ1) is 8.09. The Kier molecular flexibility index (Phi) is 3.47. The maximum Gasteiger partial charge on any atom is 0.137 e. The van der Waals surface area contributed by atoms with E-state index in [4.69, 9.17) is 5.73 Å². The van der Waals surface area contributed by atoms with E-state index in [9.17, 15) is 0 Å². The largest absolute Gasteiger partial charge is 0.383 e. The number of anilines is 2. The third kappa shape index (κ3) is 2.49. The summed E-state index contributed by atoms with van der Waals surface area (Å²) in [6.07, 6.45) is 1.56. The first kappa shape index (κ1) is 12.1. The zero-order chi connectivity index (χ0) is 12.4. The summed E-state index contributed by atoms with van der Waals surface area (Å²) in [5.74, 6) is 1.98. The van der Waals surface area contributed by atoms with E-state index in [1.54, 1.807) is 6.33 Å². The highest BCUT2D eigenvalue weighted by Gasteiger charge is 2.21. The molecule has 0 aliphatic carbocycles. The predicted molar refractivity (Wildman–Crippen MR) is 70.2 cm³/mol. The lowest BCUT2D eigenvalue weighted by Crippen LogP contribution is -2.45. The summed E-state index contributed by atoms with van der Waals surface area (Å²) in [5, 5.41) is 0. The van der Waals surface area contributed by atoms with Gasteiger partial charge in [-0.2, -0.15) is 0 Å². The van der Waals surface area contributed by atoms with Crippen LogP contribution in [-0.4, -0.2) is 48.1 Å². The second kappa shape index (κ2) is 4.87. The Labute approximate surface area is 103 Å². The standard InChI is InChI=1S/C12H21N5/c1-9(2)10-11(13)14-8-15-12(10)17-6-4-16(3)5-7-17/h8-9H,4-7H2,1-3H3,(H2,13,14,15). The highest BCUT2D eigenvalue weighted by Crippen LogP contribution is 2.29. The van der Waals surface area contributed by atoms with Crippen molar-refractivity contribution in [3.8, 4) is 0 Å². The molecule has 0 amide bonds. The van der Waals surface area contributed by atoms with Crippen molar-refractivity contribution < 1.29 is 0 Å². The van der Waals surface area contributed by atoms with E-state index in [1.807, 2.05) is 0 Å². The van der Waals surface area contributed by atoms with Crippen molar-refractivity contribution in [1.82, 2.24) is 14.9 Å². The molecule has 1 aliphatic heterocycles. The normalized spacial score (nSPS) is 17.8. The molecule has 5 nitrogen and oxygen atoms in total. The van der Waals surface area contributed by atoms with Crippen molar-refractivity contribution >= 4 is 11.6 Å². The molecule has 0 saturated carbocycles. The number of nitrogens with zero attached hydrogens (tertiary/aromatic N) is 4. The molecule has 0 atom stereocenters. The van der Waals surface area contributed by atoms with Gasteiger partial charge in [-0.05, 0) is 13.0 Å². The van der Waals surface area contributed by atoms with Crippen LogP contribution in [0.3, 0.4) is 0 Å². The molecule has 1 fully saturated rings. The minimum atomic E-state index is 0.353. The number of likely N-dealkylation sites (N-methyl/N-ethyl adjacent to an activating group) is 1. The zero-order valence-electron chi connectivity index (χ0n) is 10.8. The summed E-state index contributed by atoms with van der Waals surface area (Å²) >= 11 is 0. The summed E-state index contributed by atoms with van der Waals surface area (Å²) in [6, 6.07) is 0. The van der Waals surface area contributed by atoms with Crippen LogP contribution in [0.25, 0.3) is 0 Å². The van der Waals surface area contributed by atoms with Crippen LogP contribution in [0, 0.1) is 0 Å². The van der Waals surface area contributed by atoms with E-state index in [2.05, 4.69) is 40.7 Å². The van der Waals surface area contributed by atoms with Crippen molar-refractivity contribution in [3.05, 3.63) is 11.9 Å². The van der Waals surface area contributed by atoms with Crippen LogP contribution in [0.15, 0.2) is 6.33 Å².